The average Bonchev–Trinajstić information content (AvgIpc) is 3.32. The average molecular weight is 333 g/mol. The van der Waals surface area contributed by atoms with E-state index >= 15 is 0 Å². The summed E-state index contributed by atoms with van der Waals surface area (Å²) >= 11 is 6.56. The summed E-state index contributed by atoms with van der Waals surface area (Å²) in [5.74, 6) is 3.19. The van der Waals surface area contributed by atoms with Crippen molar-refractivity contribution in [1.82, 2.24) is 20.5 Å². The lowest BCUT2D eigenvalue weighted by Crippen LogP contribution is -2.26. The fourth-order valence-electron chi connectivity index (χ4n) is 3.34. The lowest BCUT2D eigenvalue weighted by molar-refractivity contribution is 0.408. The number of benzene rings is 1. The summed E-state index contributed by atoms with van der Waals surface area (Å²) < 4.78 is 5.37. The SMILES string of the molecule is COc1ccc2c(c1Cl)C(NCc1nc(C3CC3)n[nH]1)CCC2. The monoisotopic (exact) mass is 332 g/mol. The van der Waals surface area contributed by atoms with E-state index in [1.807, 2.05) is 6.07 Å². The van der Waals surface area contributed by atoms with Gasteiger partial charge in [0.05, 0.1) is 18.7 Å². The van der Waals surface area contributed by atoms with Crippen molar-refractivity contribution in [3.05, 3.63) is 39.9 Å². The number of ether oxygens (including phenoxy) is 1. The Kier molecular flexibility index (Phi) is 3.99. The van der Waals surface area contributed by atoms with Crippen LogP contribution in [0.5, 0.6) is 5.75 Å². The van der Waals surface area contributed by atoms with Crippen LogP contribution in [0.2, 0.25) is 5.02 Å². The van der Waals surface area contributed by atoms with Crippen LogP contribution in [0, 0.1) is 0 Å². The van der Waals surface area contributed by atoms with Crippen molar-refractivity contribution in [2.24, 2.45) is 0 Å². The molecule has 0 saturated heterocycles. The van der Waals surface area contributed by atoms with Gasteiger partial charge in [0.15, 0.2) is 5.82 Å². The van der Waals surface area contributed by atoms with Gasteiger partial charge >= 0.3 is 0 Å². The second-order valence-corrected chi connectivity index (χ2v) is 6.77. The molecule has 1 unspecified atom stereocenters. The van der Waals surface area contributed by atoms with Crippen LogP contribution in [0.4, 0.5) is 0 Å². The molecule has 5 nitrogen and oxygen atoms in total. The number of aromatic nitrogens is 3. The Morgan fingerprint density at radius 2 is 2.22 bits per heavy atom. The normalized spacial score (nSPS) is 20.3. The number of hydrogen-bond acceptors (Lipinski definition) is 4. The van der Waals surface area contributed by atoms with Crippen molar-refractivity contribution in [1.29, 1.82) is 0 Å². The first-order valence-electron chi connectivity index (χ1n) is 8.26. The van der Waals surface area contributed by atoms with Crippen LogP contribution in [-0.4, -0.2) is 22.3 Å². The maximum absolute atomic E-state index is 6.56. The molecule has 1 atom stereocenters. The third-order valence-corrected chi connectivity index (χ3v) is 5.14. The Morgan fingerprint density at radius 1 is 1.35 bits per heavy atom. The molecular weight excluding hydrogens is 312 g/mol. The number of halogens is 1. The third kappa shape index (κ3) is 2.95. The number of aromatic amines is 1. The maximum atomic E-state index is 6.56. The van der Waals surface area contributed by atoms with Crippen molar-refractivity contribution < 1.29 is 4.74 Å². The lowest BCUT2D eigenvalue weighted by Gasteiger charge is -2.28. The number of aryl methyl sites for hydroxylation is 1. The fourth-order valence-corrected chi connectivity index (χ4v) is 3.74. The Morgan fingerprint density at radius 3 is 3.00 bits per heavy atom. The van der Waals surface area contributed by atoms with E-state index in [1.165, 1.54) is 24.0 Å². The molecule has 0 amide bonds. The molecule has 2 N–H and O–H groups in total. The molecule has 1 saturated carbocycles. The minimum absolute atomic E-state index is 0.232. The molecule has 2 aliphatic rings. The highest BCUT2D eigenvalue weighted by Crippen LogP contribution is 2.40. The predicted octanol–water partition coefficient (Wildman–Crippen LogP) is 3.51. The van der Waals surface area contributed by atoms with Crippen LogP contribution in [0.15, 0.2) is 12.1 Å². The highest BCUT2D eigenvalue weighted by molar-refractivity contribution is 6.33. The van der Waals surface area contributed by atoms with Gasteiger partial charge in [0.2, 0.25) is 0 Å². The van der Waals surface area contributed by atoms with Crippen molar-refractivity contribution in [2.75, 3.05) is 7.11 Å². The molecule has 1 heterocycles. The van der Waals surface area contributed by atoms with Gasteiger partial charge in [0.1, 0.15) is 11.6 Å². The molecule has 0 bridgehead atoms. The van der Waals surface area contributed by atoms with E-state index in [-0.39, 0.29) is 6.04 Å². The molecule has 0 aliphatic heterocycles. The number of rotatable bonds is 5. The van der Waals surface area contributed by atoms with E-state index in [9.17, 15) is 0 Å². The summed E-state index contributed by atoms with van der Waals surface area (Å²) in [6.07, 6.45) is 5.75. The van der Waals surface area contributed by atoms with Gasteiger partial charge in [-0.25, -0.2) is 4.98 Å². The molecule has 2 aliphatic carbocycles. The van der Waals surface area contributed by atoms with Crippen molar-refractivity contribution in [3.63, 3.8) is 0 Å². The first-order chi connectivity index (χ1) is 11.3. The number of methoxy groups -OCH3 is 1. The largest absolute Gasteiger partial charge is 0.495 e. The zero-order chi connectivity index (χ0) is 15.8. The molecule has 122 valence electrons. The standard InChI is InChI=1S/C17H21ClN4O/c1-23-13-8-7-10-3-2-4-12(15(10)16(13)18)19-9-14-20-17(22-21-14)11-5-6-11/h7-8,11-12,19H,2-6,9H2,1H3,(H,20,21,22). The summed E-state index contributed by atoms with van der Waals surface area (Å²) in [5.41, 5.74) is 2.50. The van der Waals surface area contributed by atoms with E-state index in [1.54, 1.807) is 7.11 Å². The molecule has 1 fully saturated rings. The summed E-state index contributed by atoms with van der Waals surface area (Å²) in [7, 11) is 1.66. The van der Waals surface area contributed by atoms with Gasteiger partial charge < -0.3 is 10.1 Å². The van der Waals surface area contributed by atoms with Gasteiger partial charge in [0.25, 0.3) is 0 Å². The van der Waals surface area contributed by atoms with Crippen molar-refractivity contribution in [3.8, 4) is 5.75 Å². The van der Waals surface area contributed by atoms with Gasteiger partial charge in [-0.1, -0.05) is 17.7 Å². The van der Waals surface area contributed by atoms with E-state index in [0.717, 1.165) is 41.7 Å². The van der Waals surface area contributed by atoms with Crippen LogP contribution in [0.3, 0.4) is 0 Å². The summed E-state index contributed by atoms with van der Waals surface area (Å²) in [5, 5.41) is 11.7. The van der Waals surface area contributed by atoms with Gasteiger partial charge in [-0.2, -0.15) is 5.10 Å². The molecular formula is C17H21ClN4O. The molecule has 2 aromatic rings. The number of nitrogens with zero attached hydrogens (tertiary/aromatic N) is 2. The van der Waals surface area contributed by atoms with Gasteiger partial charge in [-0.3, -0.25) is 5.10 Å². The zero-order valence-electron chi connectivity index (χ0n) is 13.2. The van der Waals surface area contributed by atoms with Crippen LogP contribution in [0.1, 0.15) is 60.4 Å². The smallest absolute Gasteiger partial charge is 0.153 e. The molecule has 23 heavy (non-hydrogen) atoms. The maximum Gasteiger partial charge on any atom is 0.153 e. The van der Waals surface area contributed by atoms with E-state index in [0.29, 0.717) is 12.5 Å². The second-order valence-electron chi connectivity index (χ2n) is 6.39. The Bertz CT molecular complexity index is 711. The second kappa shape index (κ2) is 6.13. The number of H-pyrrole nitrogens is 1. The van der Waals surface area contributed by atoms with Crippen molar-refractivity contribution >= 4 is 11.6 Å². The minimum atomic E-state index is 0.232. The molecule has 6 heteroatoms. The van der Waals surface area contributed by atoms with E-state index in [2.05, 4.69) is 26.6 Å². The van der Waals surface area contributed by atoms with Crippen LogP contribution in [-0.2, 0) is 13.0 Å². The number of hydrogen-bond donors (Lipinski definition) is 2. The van der Waals surface area contributed by atoms with Crippen LogP contribution >= 0.6 is 11.6 Å². The highest BCUT2D eigenvalue weighted by atomic mass is 35.5. The van der Waals surface area contributed by atoms with Crippen molar-refractivity contribution in [2.45, 2.75) is 50.6 Å². The Balaban J connectivity index is 1.51. The molecule has 1 aromatic carbocycles. The van der Waals surface area contributed by atoms with Gasteiger partial charge in [-0.05, 0) is 49.3 Å². The number of fused-ring (bicyclic) bond motifs is 1. The van der Waals surface area contributed by atoms with Gasteiger partial charge in [0, 0.05) is 12.0 Å². The number of nitrogens with one attached hydrogen (secondary N) is 2. The highest BCUT2D eigenvalue weighted by Gasteiger charge is 2.28. The molecule has 4 rings (SSSR count). The molecule has 0 spiro atoms. The topological polar surface area (TPSA) is 62.8 Å². The van der Waals surface area contributed by atoms with Gasteiger partial charge in [-0.15, -0.1) is 0 Å². The first-order valence-corrected chi connectivity index (χ1v) is 8.64. The quantitative estimate of drug-likeness (QED) is 0.879. The lowest BCUT2D eigenvalue weighted by atomic mass is 9.87. The Hall–Kier alpha value is -1.59. The fraction of sp³-hybridized carbons (Fsp3) is 0.529. The summed E-state index contributed by atoms with van der Waals surface area (Å²) in [6, 6.07) is 4.32. The molecule has 1 aromatic heterocycles. The van der Waals surface area contributed by atoms with E-state index in [4.69, 9.17) is 16.3 Å². The molecule has 0 radical (unpaired) electrons. The van der Waals surface area contributed by atoms with Crippen LogP contribution < -0.4 is 10.1 Å². The van der Waals surface area contributed by atoms with E-state index < -0.39 is 0 Å². The predicted molar refractivity (Wildman–Crippen MR) is 88.9 cm³/mol. The Labute approximate surface area is 140 Å². The minimum Gasteiger partial charge on any atom is -0.495 e. The summed E-state index contributed by atoms with van der Waals surface area (Å²) in [4.78, 5) is 4.58. The summed E-state index contributed by atoms with van der Waals surface area (Å²) in [6.45, 7) is 0.678. The third-order valence-electron chi connectivity index (χ3n) is 4.75. The first kappa shape index (κ1) is 15.0. The zero-order valence-corrected chi connectivity index (χ0v) is 14.0. The van der Waals surface area contributed by atoms with Crippen LogP contribution in [0.25, 0.3) is 0 Å².